The summed E-state index contributed by atoms with van der Waals surface area (Å²) < 4.78 is 0. The maximum Gasteiger partial charge on any atom is 0.221 e. The third-order valence-corrected chi connectivity index (χ3v) is 5.18. The first kappa shape index (κ1) is 14.5. The molecule has 0 saturated carbocycles. The lowest BCUT2D eigenvalue weighted by atomic mass is 9.99. The Morgan fingerprint density at radius 3 is 2.57 bits per heavy atom. The lowest BCUT2D eigenvalue weighted by Gasteiger charge is -2.28. The van der Waals surface area contributed by atoms with Crippen molar-refractivity contribution in [3.05, 3.63) is 60.2 Å². The zero-order valence-electron chi connectivity index (χ0n) is 13.2. The molecule has 2 heterocycles. The highest BCUT2D eigenvalue weighted by Crippen LogP contribution is 2.32. The number of hydrogen-bond donors (Lipinski definition) is 1. The van der Waals surface area contributed by atoms with Crippen LogP contribution in [0, 0.1) is 0 Å². The highest BCUT2D eigenvalue weighted by atomic mass is 16.1. The second-order valence-electron chi connectivity index (χ2n) is 6.59. The molecule has 2 bridgehead atoms. The standard InChI is InChI=1S/C20H22N2O/c23-20-12-17-10-11-18(13-21-20)22(17)14-16-8-4-5-9-19(16)15-6-2-1-3-7-15/h1-9,17-18H,10-14H2,(H,21,23)/t17-,18+/m0/s1. The first-order chi connectivity index (χ1) is 11.3. The summed E-state index contributed by atoms with van der Waals surface area (Å²) in [5.74, 6) is 0.207. The van der Waals surface area contributed by atoms with Crippen LogP contribution >= 0.6 is 0 Å². The average molecular weight is 306 g/mol. The second kappa shape index (κ2) is 6.17. The highest BCUT2D eigenvalue weighted by molar-refractivity contribution is 5.77. The van der Waals surface area contributed by atoms with Gasteiger partial charge in [0.25, 0.3) is 0 Å². The Morgan fingerprint density at radius 2 is 1.70 bits per heavy atom. The lowest BCUT2D eigenvalue weighted by Crippen LogP contribution is -2.37. The van der Waals surface area contributed by atoms with Gasteiger partial charge in [-0.05, 0) is 29.5 Å². The van der Waals surface area contributed by atoms with Gasteiger partial charge in [-0.15, -0.1) is 0 Å². The molecule has 118 valence electrons. The van der Waals surface area contributed by atoms with Crippen molar-refractivity contribution < 1.29 is 4.79 Å². The minimum Gasteiger partial charge on any atom is -0.354 e. The number of nitrogens with one attached hydrogen (secondary N) is 1. The Kier molecular flexibility index (Phi) is 3.88. The molecule has 2 aromatic carbocycles. The molecule has 0 spiro atoms. The van der Waals surface area contributed by atoms with E-state index in [-0.39, 0.29) is 5.91 Å². The van der Waals surface area contributed by atoms with Gasteiger partial charge in [0.2, 0.25) is 5.91 Å². The predicted octanol–water partition coefficient (Wildman–Crippen LogP) is 3.21. The zero-order chi connectivity index (χ0) is 15.6. The van der Waals surface area contributed by atoms with Crippen molar-refractivity contribution >= 4 is 5.91 Å². The first-order valence-electron chi connectivity index (χ1n) is 8.47. The SMILES string of the molecule is O=C1C[C@@H]2CC[C@H](CN1)N2Cc1ccccc1-c1ccccc1. The van der Waals surface area contributed by atoms with E-state index >= 15 is 0 Å². The molecule has 3 heteroatoms. The number of carbonyl (C=O) groups is 1. The summed E-state index contributed by atoms with van der Waals surface area (Å²) in [4.78, 5) is 14.4. The lowest BCUT2D eigenvalue weighted by molar-refractivity contribution is -0.121. The molecule has 2 aliphatic heterocycles. The van der Waals surface area contributed by atoms with Gasteiger partial charge in [0.1, 0.15) is 0 Å². The molecule has 2 atom stereocenters. The molecule has 23 heavy (non-hydrogen) atoms. The van der Waals surface area contributed by atoms with Gasteiger partial charge in [0.15, 0.2) is 0 Å². The summed E-state index contributed by atoms with van der Waals surface area (Å²) in [5, 5.41) is 3.06. The van der Waals surface area contributed by atoms with E-state index in [1.807, 2.05) is 0 Å². The number of rotatable bonds is 3. The van der Waals surface area contributed by atoms with Gasteiger partial charge in [0.05, 0.1) is 0 Å². The Bertz CT molecular complexity index is 698. The molecule has 3 nitrogen and oxygen atoms in total. The molecule has 0 radical (unpaired) electrons. The number of hydrogen-bond acceptors (Lipinski definition) is 2. The van der Waals surface area contributed by atoms with Crippen LogP contribution in [0.1, 0.15) is 24.8 Å². The molecule has 1 N–H and O–H groups in total. The van der Waals surface area contributed by atoms with Gasteiger partial charge in [-0.2, -0.15) is 0 Å². The number of benzene rings is 2. The molecule has 0 unspecified atom stereocenters. The summed E-state index contributed by atoms with van der Waals surface area (Å²) >= 11 is 0. The quantitative estimate of drug-likeness (QED) is 0.944. The molecule has 2 aromatic rings. The van der Waals surface area contributed by atoms with Crippen molar-refractivity contribution in [2.75, 3.05) is 6.54 Å². The molecule has 2 aliphatic rings. The Morgan fingerprint density at radius 1 is 0.957 bits per heavy atom. The van der Waals surface area contributed by atoms with Crippen LogP contribution in [-0.2, 0) is 11.3 Å². The van der Waals surface area contributed by atoms with E-state index < -0.39 is 0 Å². The molecule has 1 amide bonds. The number of fused-ring (bicyclic) bond motifs is 2. The Hall–Kier alpha value is -2.13. The molecule has 2 saturated heterocycles. The monoisotopic (exact) mass is 306 g/mol. The first-order valence-corrected chi connectivity index (χ1v) is 8.47. The van der Waals surface area contributed by atoms with Gasteiger partial charge in [-0.1, -0.05) is 54.6 Å². The minimum absolute atomic E-state index is 0.207. The van der Waals surface area contributed by atoms with Crippen LogP contribution in [-0.4, -0.2) is 29.4 Å². The van der Waals surface area contributed by atoms with Crippen LogP contribution in [0.4, 0.5) is 0 Å². The van der Waals surface area contributed by atoms with Crippen molar-refractivity contribution in [1.29, 1.82) is 0 Å². The van der Waals surface area contributed by atoms with Gasteiger partial charge in [-0.25, -0.2) is 0 Å². The summed E-state index contributed by atoms with van der Waals surface area (Å²) in [7, 11) is 0. The van der Waals surface area contributed by atoms with E-state index in [1.54, 1.807) is 0 Å². The van der Waals surface area contributed by atoms with Gasteiger partial charge < -0.3 is 5.32 Å². The van der Waals surface area contributed by atoms with Crippen LogP contribution in [0.15, 0.2) is 54.6 Å². The fraction of sp³-hybridized carbons (Fsp3) is 0.350. The fourth-order valence-corrected chi connectivity index (χ4v) is 3.98. The van der Waals surface area contributed by atoms with Crippen LogP contribution < -0.4 is 5.32 Å². The summed E-state index contributed by atoms with van der Waals surface area (Å²) in [5.41, 5.74) is 3.92. The Labute approximate surface area is 137 Å². The van der Waals surface area contributed by atoms with Crippen LogP contribution in [0.25, 0.3) is 11.1 Å². The molecular weight excluding hydrogens is 284 g/mol. The molecule has 2 fully saturated rings. The van der Waals surface area contributed by atoms with Crippen molar-refractivity contribution in [2.45, 2.75) is 37.9 Å². The highest BCUT2D eigenvalue weighted by Gasteiger charge is 2.37. The van der Waals surface area contributed by atoms with Gasteiger partial charge >= 0.3 is 0 Å². The van der Waals surface area contributed by atoms with Crippen molar-refractivity contribution in [1.82, 2.24) is 10.2 Å². The zero-order valence-corrected chi connectivity index (χ0v) is 13.2. The largest absolute Gasteiger partial charge is 0.354 e. The molecule has 0 aromatic heterocycles. The maximum atomic E-state index is 11.8. The van der Waals surface area contributed by atoms with E-state index in [9.17, 15) is 4.79 Å². The van der Waals surface area contributed by atoms with E-state index in [0.29, 0.717) is 18.5 Å². The van der Waals surface area contributed by atoms with Crippen molar-refractivity contribution in [2.24, 2.45) is 0 Å². The van der Waals surface area contributed by atoms with E-state index in [2.05, 4.69) is 64.8 Å². The summed E-state index contributed by atoms with van der Waals surface area (Å²) in [6.45, 7) is 1.72. The Balaban J connectivity index is 1.64. The molecular formula is C20H22N2O. The van der Waals surface area contributed by atoms with E-state index in [4.69, 9.17) is 0 Å². The predicted molar refractivity (Wildman–Crippen MR) is 91.9 cm³/mol. The third kappa shape index (κ3) is 2.89. The van der Waals surface area contributed by atoms with Crippen molar-refractivity contribution in [3.8, 4) is 11.1 Å². The number of nitrogens with zero attached hydrogens (tertiary/aromatic N) is 1. The summed E-state index contributed by atoms with van der Waals surface area (Å²) in [6.07, 6.45) is 2.98. The second-order valence-corrected chi connectivity index (χ2v) is 6.59. The fourth-order valence-electron chi connectivity index (χ4n) is 3.98. The van der Waals surface area contributed by atoms with E-state index in [1.165, 1.54) is 23.1 Å². The molecule has 4 rings (SSSR count). The molecule has 0 aliphatic carbocycles. The topological polar surface area (TPSA) is 32.3 Å². The average Bonchev–Trinajstić information content (AvgIpc) is 2.87. The summed E-state index contributed by atoms with van der Waals surface area (Å²) in [6, 6.07) is 20.1. The van der Waals surface area contributed by atoms with Gasteiger partial charge in [0, 0.05) is 31.6 Å². The number of amides is 1. The minimum atomic E-state index is 0.207. The van der Waals surface area contributed by atoms with E-state index in [0.717, 1.165) is 19.5 Å². The third-order valence-electron chi connectivity index (χ3n) is 5.18. The maximum absolute atomic E-state index is 11.8. The van der Waals surface area contributed by atoms with Gasteiger partial charge in [-0.3, -0.25) is 9.69 Å². The van der Waals surface area contributed by atoms with Crippen LogP contribution in [0.2, 0.25) is 0 Å². The van der Waals surface area contributed by atoms with Crippen molar-refractivity contribution in [3.63, 3.8) is 0 Å². The normalized spacial score (nSPS) is 24.3. The van der Waals surface area contributed by atoms with Crippen LogP contribution in [0.5, 0.6) is 0 Å². The van der Waals surface area contributed by atoms with Crippen LogP contribution in [0.3, 0.4) is 0 Å². The smallest absolute Gasteiger partial charge is 0.221 e. The number of carbonyl (C=O) groups excluding carboxylic acids is 1.